The summed E-state index contributed by atoms with van der Waals surface area (Å²) >= 11 is 0. The number of nitrogens with zero attached hydrogens (tertiary/aromatic N) is 4. The van der Waals surface area contributed by atoms with Gasteiger partial charge < -0.3 is 19.3 Å². The van der Waals surface area contributed by atoms with Crippen LogP contribution >= 0.6 is 0 Å². The second kappa shape index (κ2) is 6.96. The van der Waals surface area contributed by atoms with Crippen molar-refractivity contribution in [2.45, 2.75) is 25.2 Å². The highest BCUT2D eigenvalue weighted by Crippen LogP contribution is 2.27. The summed E-state index contributed by atoms with van der Waals surface area (Å²) in [6.07, 6.45) is -0.649. The van der Waals surface area contributed by atoms with Gasteiger partial charge in [-0.3, -0.25) is 15.0 Å². The molecule has 0 aromatic carbocycles. The van der Waals surface area contributed by atoms with Crippen LogP contribution in [0.15, 0.2) is 4.99 Å². The number of rotatable bonds is 4. The van der Waals surface area contributed by atoms with Gasteiger partial charge in [0, 0.05) is 20.1 Å². The quantitative estimate of drug-likeness (QED) is 0.612. The lowest BCUT2D eigenvalue weighted by molar-refractivity contribution is -0.146. The number of urea groups is 1. The van der Waals surface area contributed by atoms with E-state index >= 15 is 0 Å². The Hall–Kier alpha value is -2.20. The normalized spacial score (nSPS) is 28.4. The predicted molar refractivity (Wildman–Crippen MR) is 86.9 cm³/mol. The van der Waals surface area contributed by atoms with Gasteiger partial charge in [-0.15, -0.1) is 0 Å². The molecule has 10 heteroatoms. The molecule has 25 heavy (non-hydrogen) atoms. The Morgan fingerprint density at radius 1 is 1.40 bits per heavy atom. The second-order valence-corrected chi connectivity index (χ2v) is 6.30. The number of imide groups is 1. The van der Waals surface area contributed by atoms with Crippen molar-refractivity contribution in [3.05, 3.63) is 0 Å². The number of hydrogen-bond acceptors (Lipinski definition) is 8. The fourth-order valence-corrected chi connectivity index (χ4v) is 3.37. The van der Waals surface area contributed by atoms with Crippen LogP contribution in [0.1, 0.15) is 6.92 Å². The Kier molecular flexibility index (Phi) is 4.91. The standard InChI is InChI=1S/C15H23N5O5/c1-9(14(22)24-3)20-10(8-19-4-6-25-7-5-19)16-12-11(20)13(21)17-15(23)18(12)2/h9,11-12H,4-8H2,1-3H3,(H,17,21,23). The van der Waals surface area contributed by atoms with Crippen molar-refractivity contribution in [3.8, 4) is 0 Å². The molecule has 3 atom stereocenters. The number of methoxy groups -OCH3 is 1. The van der Waals surface area contributed by atoms with E-state index in [1.54, 1.807) is 18.9 Å². The highest BCUT2D eigenvalue weighted by Gasteiger charge is 2.51. The minimum absolute atomic E-state index is 0.454. The molecule has 138 valence electrons. The summed E-state index contributed by atoms with van der Waals surface area (Å²) in [5, 5.41) is 2.31. The lowest BCUT2D eigenvalue weighted by atomic mass is 10.1. The molecule has 3 aliphatic heterocycles. The van der Waals surface area contributed by atoms with E-state index in [4.69, 9.17) is 9.47 Å². The molecule has 3 rings (SSSR count). The minimum atomic E-state index is -0.743. The molecule has 3 heterocycles. The van der Waals surface area contributed by atoms with E-state index in [0.717, 1.165) is 13.1 Å². The predicted octanol–water partition coefficient (Wildman–Crippen LogP) is -1.53. The lowest BCUT2D eigenvalue weighted by Gasteiger charge is -2.38. The first-order valence-electron chi connectivity index (χ1n) is 8.24. The van der Waals surface area contributed by atoms with Gasteiger partial charge in [-0.05, 0) is 6.92 Å². The lowest BCUT2D eigenvalue weighted by Crippen LogP contribution is -2.65. The molecule has 3 unspecified atom stereocenters. The number of ether oxygens (including phenoxy) is 2. The van der Waals surface area contributed by atoms with Crippen LogP contribution in [0, 0.1) is 0 Å². The maximum absolute atomic E-state index is 12.4. The van der Waals surface area contributed by atoms with Crippen LogP contribution in [0.4, 0.5) is 4.79 Å². The number of hydrogen-bond donors (Lipinski definition) is 1. The minimum Gasteiger partial charge on any atom is -0.467 e. The average molecular weight is 353 g/mol. The zero-order chi connectivity index (χ0) is 18.1. The summed E-state index contributed by atoms with van der Waals surface area (Å²) in [7, 11) is 2.89. The number of aliphatic imine (C=N–C) groups is 1. The molecule has 0 saturated carbocycles. The van der Waals surface area contributed by atoms with E-state index in [1.807, 2.05) is 0 Å². The van der Waals surface area contributed by atoms with Gasteiger partial charge in [0.25, 0.3) is 5.91 Å². The number of nitrogens with one attached hydrogen (secondary N) is 1. The Morgan fingerprint density at radius 2 is 2.08 bits per heavy atom. The largest absolute Gasteiger partial charge is 0.467 e. The van der Waals surface area contributed by atoms with Crippen molar-refractivity contribution in [2.75, 3.05) is 47.0 Å². The maximum Gasteiger partial charge on any atom is 0.328 e. The molecule has 0 aliphatic carbocycles. The maximum atomic E-state index is 12.4. The van der Waals surface area contributed by atoms with E-state index in [1.165, 1.54) is 12.0 Å². The number of amidine groups is 1. The van der Waals surface area contributed by atoms with Gasteiger partial charge in [0.2, 0.25) is 0 Å². The Labute approximate surface area is 145 Å². The molecule has 2 saturated heterocycles. The summed E-state index contributed by atoms with van der Waals surface area (Å²) in [6.45, 7) is 4.91. The topological polar surface area (TPSA) is 104 Å². The zero-order valence-corrected chi connectivity index (χ0v) is 14.6. The van der Waals surface area contributed by atoms with E-state index in [0.29, 0.717) is 25.6 Å². The Morgan fingerprint density at radius 3 is 2.72 bits per heavy atom. The number of fused-ring (bicyclic) bond motifs is 1. The molecular formula is C15H23N5O5. The number of carbonyl (C=O) groups excluding carboxylic acids is 3. The number of likely N-dealkylation sites (N-methyl/N-ethyl adjacent to an activating group) is 1. The number of amides is 3. The first-order valence-corrected chi connectivity index (χ1v) is 8.24. The molecule has 0 spiro atoms. The van der Waals surface area contributed by atoms with Gasteiger partial charge in [0.1, 0.15) is 11.9 Å². The van der Waals surface area contributed by atoms with Crippen LogP contribution in [0.5, 0.6) is 0 Å². The van der Waals surface area contributed by atoms with E-state index in [9.17, 15) is 14.4 Å². The molecule has 3 amide bonds. The summed E-state index contributed by atoms with van der Waals surface area (Å²) in [5.41, 5.74) is 0. The number of carbonyl (C=O) groups is 3. The van der Waals surface area contributed by atoms with Crippen molar-refractivity contribution in [1.29, 1.82) is 0 Å². The van der Waals surface area contributed by atoms with Gasteiger partial charge >= 0.3 is 12.0 Å². The third-order valence-corrected chi connectivity index (χ3v) is 4.81. The van der Waals surface area contributed by atoms with Crippen molar-refractivity contribution in [2.24, 2.45) is 4.99 Å². The van der Waals surface area contributed by atoms with Gasteiger partial charge in [0.15, 0.2) is 12.2 Å². The molecule has 0 bridgehead atoms. The van der Waals surface area contributed by atoms with Crippen molar-refractivity contribution >= 4 is 23.7 Å². The Bertz CT molecular complexity index is 603. The van der Waals surface area contributed by atoms with Crippen LogP contribution in [-0.2, 0) is 19.1 Å². The van der Waals surface area contributed by atoms with Crippen molar-refractivity contribution in [3.63, 3.8) is 0 Å². The van der Waals surface area contributed by atoms with E-state index < -0.39 is 36.2 Å². The van der Waals surface area contributed by atoms with Gasteiger partial charge in [-0.2, -0.15) is 0 Å². The monoisotopic (exact) mass is 353 g/mol. The molecule has 3 aliphatic rings. The fourth-order valence-electron chi connectivity index (χ4n) is 3.37. The molecule has 2 fully saturated rings. The van der Waals surface area contributed by atoms with Gasteiger partial charge in [-0.1, -0.05) is 0 Å². The first kappa shape index (κ1) is 17.6. The molecular weight excluding hydrogens is 330 g/mol. The summed E-state index contributed by atoms with van der Waals surface area (Å²) in [4.78, 5) is 46.2. The first-order chi connectivity index (χ1) is 11.9. The van der Waals surface area contributed by atoms with Gasteiger partial charge in [-0.25, -0.2) is 14.6 Å². The van der Waals surface area contributed by atoms with Crippen LogP contribution in [0.3, 0.4) is 0 Å². The molecule has 10 nitrogen and oxygen atoms in total. The van der Waals surface area contributed by atoms with Crippen LogP contribution < -0.4 is 5.32 Å². The molecule has 0 radical (unpaired) electrons. The van der Waals surface area contributed by atoms with Crippen LogP contribution in [0.2, 0.25) is 0 Å². The number of morpholine rings is 1. The van der Waals surface area contributed by atoms with E-state index in [-0.39, 0.29) is 0 Å². The Balaban J connectivity index is 1.89. The van der Waals surface area contributed by atoms with E-state index in [2.05, 4.69) is 15.2 Å². The molecule has 1 N–H and O–H groups in total. The van der Waals surface area contributed by atoms with Crippen LogP contribution in [-0.4, -0.2) is 104 Å². The fraction of sp³-hybridized carbons (Fsp3) is 0.733. The SMILES string of the molecule is COC(=O)C(C)N1C(CN2CCOCC2)=NC2C1C(=O)NC(=O)N2C. The summed E-state index contributed by atoms with van der Waals surface area (Å²) in [5.74, 6) is -0.307. The highest BCUT2D eigenvalue weighted by molar-refractivity contribution is 6.05. The third kappa shape index (κ3) is 3.19. The summed E-state index contributed by atoms with van der Waals surface area (Å²) < 4.78 is 10.2. The molecule has 0 aromatic heterocycles. The highest BCUT2D eigenvalue weighted by atomic mass is 16.5. The number of esters is 1. The van der Waals surface area contributed by atoms with Crippen molar-refractivity contribution < 1.29 is 23.9 Å². The van der Waals surface area contributed by atoms with Crippen molar-refractivity contribution in [1.82, 2.24) is 20.0 Å². The molecule has 0 aromatic rings. The second-order valence-electron chi connectivity index (χ2n) is 6.30. The zero-order valence-electron chi connectivity index (χ0n) is 14.6. The van der Waals surface area contributed by atoms with Crippen LogP contribution in [0.25, 0.3) is 0 Å². The smallest absolute Gasteiger partial charge is 0.328 e. The van der Waals surface area contributed by atoms with Gasteiger partial charge in [0.05, 0.1) is 26.9 Å². The average Bonchev–Trinajstić information content (AvgIpc) is 2.99. The summed E-state index contributed by atoms with van der Waals surface area (Å²) in [6, 6.07) is -1.92. The third-order valence-electron chi connectivity index (χ3n) is 4.81.